The molecule has 1 unspecified atom stereocenters. The highest BCUT2D eigenvalue weighted by Gasteiger charge is 2.34. The van der Waals surface area contributed by atoms with Crippen LogP contribution in [0.15, 0.2) is 15.6 Å². The Morgan fingerprint density at radius 2 is 2.08 bits per heavy atom. The molecule has 1 aromatic heterocycles. The van der Waals surface area contributed by atoms with Gasteiger partial charge in [0.25, 0.3) is 0 Å². The SMILES string of the molecule is CCC(CC)c1cc(CNC(=NC)NCC2CCN(C3CC3)C2)on1.I. The van der Waals surface area contributed by atoms with Crippen LogP contribution in [0, 0.1) is 5.92 Å². The first kappa shape index (κ1) is 21.5. The van der Waals surface area contributed by atoms with Gasteiger partial charge in [-0.2, -0.15) is 0 Å². The average Bonchev–Trinajstić information content (AvgIpc) is 3.19. The van der Waals surface area contributed by atoms with Gasteiger partial charge < -0.3 is 20.1 Å². The summed E-state index contributed by atoms with van der Waals surface area (Å²) in [7, 11) is 1.82. The molecule has 0 aromatic carbocycles. The van der Waals surface area contributed by atoms with Gasteiger partial charge in [-0.15, -0.1) is 24.0 Å². The minimum absolute atomic E-state index is 0. The molecule has 2 N–H and O–H groups in total. The Morgan fingerprint density at radius 3 is 2.73 bits per heavy atom. The monoisotopic (exact) mass is 475 g/mol. The summed E-state index contributed by atoms with van der Waals surface area (Å²) in [6.07, 6.45) is 6.29. The van der Waals surface area contributed by atoms with Gasteiger partial charge in [-0.25, -0.2) is 0 Å². The number of aliphatic imine (C=N–C) groups is 1. The van der Waals surface area contributed by atoms with Crippen LogP contribution in [0.5, 0.6) is 0 Å². The summed E-state index contributed by atoms with van der Waals surface area (Å²) in [5, 5.41) is 11.0. The zero-order valence-electron chi connectivity index (χ0n) is 16.3. The fourth-order valence-electron chi connectivity index (χ4n) is 3.74. The molecule has 0 spiro atoms. The van der Waals surface area contributed by atoms with Crippen LogP contribution in [0.2, 0.25) is 0 Å². The largest absolute Gasteiger partial charge is 0.359 e. The van der Waals surface area contributed by atoms with E-state index in [1.807, 2.05) is 7.05 Å². The molecule has 1 saturated carbocycles. The molecule has 1 atom stereocenters. The summed E-state index contributed by atoms with van der Waals surface area (Å²) in [6.45, 7) is 8.49. The third kappa shape index (κ3) is 5.84. The number of hydrogen-bond donors (Lipinski definition) is 2. The molecular formula is C19H34IN5O. The van der Waals surface area contributed by atoms with Crippen molar-refractivity contribution in [2.75, 3.05) is 26.7 Å². The first-order chi connectivity index (χ1) is 12.2. The van der Waals surface area contributed by atoms with Gasteiger partial charge >= 0.3 is 0 Å². The van der Waals surface area contributed by atoms with Crippen molar-refractivity contribution in [3.63, 3.8) is 0 Å². The fraction of sp³-hybridized carbons (Fsp3) is 0.789. The lowest BCUT2D eigenvalue weighted by Gasteiger charge is -2.16. The van der Waals surface area contributed by atoms with E-state index in [0.29, 0.717) is 12.5 Å². The van der Waals surface area contributed by atoms with E-state index in [4.69, 9.17) is 4.52 Å². The Hall–Kier alpha value is -0.830. The van der Waals surface area contributed by atoms with E-state index in [0.717, 1.165) is 48.8 Å². The molecule has 0 bridgehead atoms. The minimum atomic E-state index is 0. The smallest absolute Gasteiger partial charge is 0.191 e. The highest BCUT2D eigenvalue weighted by Crippen LogP contribution is 2.31. The molecule has 6 nitrogen and oxygen atoms in total. The maximum Gasteiger partial charge on any atom is 0.191 e. The van der Waals surface area contributed by atoms with E-state index in [2.05, 4.69) is 45.6 Å². The molecule has 1 aromatic rings. The van der Waals surface area contributed by atoms with Crippen molar-refractivity contribution in [2.45, 2.75) is 64.5 Å². The Morgan fingerprint density at radius 1 is 1.31 bits per heavy atom. The van der Waals surface area contributed by atoms with Gasteiger partial charge in [-0.3, -0.25) is 4.99 Å². The van der Waals surface area contributed by atoms with E-state index < -0.39 is 0 Å². The van der Waals surface area contributed by atoms with Crippen molar-refractivity contribution in [1.29, 1.82) is 0 Å². The van der Waals surface area contributed by atoms with Crippen molar-refractivity contribution >= 4 is 29.9 Å². The van der Waals surface area contributed by atoms with Crippen LogP contribution in [0.1, 0.15) is 63.3 Å². The molecular weight excluding hydrogens is 441 g/mol. The molecule has 0 amide bonds. The van der Waals surface area contributed by atoms with Crippen molar-refractivity contribution in [3.05, 3.63) is 17.5 Å². The summed E-state index contributed by atoms with van der Waals surface area (Å²) in [5.74, 6) is 2.92. The maximum atomic E-state index is 5.47. The first-order valence-electron chi connectivity index (χ1n) is 9.87. The molecule has 7 heteroatoms. The summed E-state index contributed by atoms with van der Waals surface area (Å²) < 4.78 is 5.47. The quantitative estimate of drug-likeness (QED) is 0.343. The van der Waals surface area contributed by atoms with Crippen molar-refractivity contribution in [3.8, 4) is 0 Å². The molecule has 148 valence electrons. The number of hydrogen-bond acceptors (Lipinski definition) is 4. The Balaban J connectivity index is 0.00000243. The summed E-state index contributed by atoms with van der Waals surface area (Å²) in [4.78, 5) is 6.97. The van der Waals surface area contributed by atoms with Crippen LogP contribution in [0.3, 0.4) is 0 Å². The zero-order valence-corrected chi connectivity index (χ0v) is 18.7. The molecule has 2 heterocycles. The third-order valence-electron chi connectivity index (χ3n) is 5.57. The molecule has 2 aliphatic rings. The van der Waals surface area contributed by atoms with Crippen LogP contribution >= 0.6 is 24.0 Å². The summed E-state index contributed by atoms with van der Waals surface area (Å²) in [6, 6.07) is 2.96. The number of likely N-dealkylation sites (tertiary alicyclic amines) is 1. The maximum absolute atomic E-state index is 5.47. The number of halogens is 1. The number of rotatable bonds is 8. The predicted octanol–water partition coefficient (Wildman–Crippen LogP) is 3.35. The molecule has 26 heavy (non-hydrogen) atoms. The van der Waals surface area contributed by atoms with Crippen LogP contribution in [-0.4, -0.2) is 48.7 Å². The van der Waals surface area contributed by atoms with Crippen LogP contribution < -0.4 is 10.6 Å². The van der Waals surface area contributed by atoms with Gasteiger partial charge in [0, 0.05) is 38.2 Å². The van der Waals surface area contributed by atoms with E-state index in [9.17, 15) is 0 Å². The van der Waals surface area contributed by atoms with Gasteiger partial charge in [0.2, 0.25) is 0 Å². The topological polar surface area (TPSA) is 65.7 Å². The molecule has 3 rings (SSSR count). The Kier molecular flexibility index (Phi) is 8.66. The lowest BCUT2D eigenvalue weighted by Crippen LogP contribution is -2.40. The van der Waals surface area contributed by atoms with Gasteiger partial charge in [0.1, 0.15) is 0 Å². The number of nitrogens with one attached hydrogen (secondary N) is 2. The van der Waals surface area contributed by atoms with E-state index in [-0.39, 0.29) is 24.0 Å². The highest BCUT2D eigenvalue weighted by atomic mass is 127. The molecule has 0 radical (unpaired) electrons. The number of guanidine groups is 1. The predicted molar refractivity (Wildman–Crippen MR) is 116 cm³/mol. The van der Waals surface area contributed by atoms with E-state index in [1.54, 1.807) is 0 Å². The van der Waals surface area contributed by atoms with Gasteiger partial charge in [-0.05, 0) is 44.6 Å². The summed E-state index contributed by atoms with van der Waals surface area (Å²) >= 11 is 0. The molecule has 1 aliphatic heterocycles. The van der Waals surface area contributed by atoms with Crippen molar-refractivity contribution < 1.29 is 4.52 Å². The second-order valence-electron chi connectivity index (χ2n) is 7.42. The molecule has 2 fully saturated rings. The van der Waals surface area contributed by atoms with Gasteiger partial charge in [-0.1, -0.05) is 19.0 Å². The lowest BCUT2D eigenvalue weighted by atomic mass is 9.99. The normalized spacial score (nSPS) is 21.1. The van der Waals surface area contributed by atoms with Crippen molar-refractivity contribution in [2.24, 2.45) is 10.9 Å². The number of nitrogens with zero attached hydrogens (tertiary/aromatic N) is 3. The second kappa shape index (κ2) is 10.5. The average molecular weight is 475 g/mol. The van der Waals surface area contributed by atoms with Gasteiger partial charge in [0.15, 0.2) is 11.7 Å². The first-order valence-corrected chi connectivity index (χ1v) is 9.87. The third-order valence-corrected chi connectivity index (χ3v) is 5.57. The second-order valence-corrected chi connectivity index (χ2v) is 7.42. The number of aromatic nitrogens is 1. The molecule has 1 aliphatic carbocycles. The van der Waals surface area contributed by atoms with Crippen LogP contribution in [-0.2, 0) is 6.54 Å². The van der Waals surface area contributed by atoms with E-state index in [1.165, 1.54) is 32.4 Å². The van der Waals surface area contributed by atoms with E-state index >= 15 is 0 Å². The minimum Gasteiger partial charge on any atom is -0.359 e. The summed E-state index contributed by atoms with van der Waals surface area (Å²) in [5.41, 5.74) is 1.07. The lowest BCUT2D eigenvalue weighted by molar-refractivity contribution is 0.314. The van der Waals surface area contributed by atoms with Crippen molar-refractivity contribution in [1.82, 2.24) is 20.7 Å². The Labute approximate surface area is 174 Å². The standard InChI is InChI=1S/C19H33N5O.HI/c1-4-15(5-2)18-10-17(25-23-18)12-22-19(20-3)21-11-14-8-9-24(13-14)16-6-7-16;/h10,14-16H,4-9,11-13H2,1-3H3,(H2,20,21,22);1H. The van der Waals surface area contributed by atoms with Gasteiger partial charge in [0.05, 0.1) is 12.2 Å². The zero-order chi connectivity index (χ0) is 17.6. The fourth-order valence-corrected chi connectivity index (χ4v) is 3.74. The Bertz CT molecular complexity index is 568. The molecule has 1 saturated heterocycles. The van der Waals surface area contributed by atoms with Crippen LogP contribution in [0.25, 0.3) is 0 Å². The highest BCUT2D eigenvalue weighted by molar-refractivity contribution is 14.0. The van der Waals surface area contributed by atoms with Crippen LogP contribution in [0.4, 0.5) is 0 Å².